The van der Waals surface area contributed by atoms with Crippen molar-refractivity contribution in [3.05, 3.63) is 53.1 Å². The first-order valence-corrected chi connectivity index (χ1v) is 8.79. The fraction of sp³-hybridized carbons (Fsp3) is 0.250. The summed E-state index contributed by atoms with van der Waals surface area (Å²) in [4.78, 5) is 37.3. The molecule has 1 aromatic carbocycles. The smallest absolute Gasteiger partial charge is 0.373 e. The molecule has 2 heterocycles. The number of nitrogens with one attached hydrogen (secondary N) is 1. The van der Waals surface area contributed by atoms with Crippen LogP contribution in [0, 0.1) is 0 Å². The zero-order valence-corrected chi connectivity index (χ0v) is 16.2. The SMILES string of the molecule is CCOc1ccc(C=C2NC(=O)N(Cc3ccc(C(=O)OC)o3)C2=O)cc1OC. The Morgan fingerprint density at radius 3 is 2.66 bits per heavy atom. The third-order valence-electron chi connectivity index (χ3n) is 4.12. The first kappa shape index (κ1) is 20.0. The number of carbonyl (C=O) groups excluding carboxylic acids is 3. The molecule has 29 heavy (non-hydrogen) atoms. The first-order chi connectivity index (χ1) is 14.0. The average Bonchev–Trinajstić information content (AvgIpc) is 3.29. The van der Waals surface area contributed by atoms with E-state index >= 15 is 0 Å². The number of furan rings is 1. The highest BCUT2D eigenvalue weighted by atomic mass is 16.5. The summed E-state index contributed by atoms with van der Waals surface area (Å²) in [6.45, 7) is 2.24. The summed E-state index contributed by atoms with van der Waals surface area (Å²) in [5.74, 6) is 0.211. The van der Waals surface area contributed by atoms with Crippen molar-refractivity contribution < 1.29 is 33.0 Å². The number of benzene rings is 1. The molecule has 3 amide bonds. The van der Waals surface area contributed by atoms with E-state index in [1.807, 2.05) is 6.92 Å². The third kappa shape index (κ3) is 4.23. The summed E-state index contributed by atoms with van der Waals surface area (Å²) in [6.07, 6.45) is 1.54. The van der Waals surface area contributed by atoms with Crippen LogP contribution in [-0.4, -0.2) is 43.6 Å². The highest BCUT2D eigenvalue weighted by Gasteiger charge is 2.34. The van der Waals surface area contributed by atoms with E-state index in [9.17, 15) is 14.4 Å². The molecule has 1 aromatic heterocycles. The molecule has 1 fully saturated rings. The van der Waals surface area contributed by atoms with Gasteiger partial charge in [0.2, 0.25) is 5.76 Å². The highest BCUT2D eigenvalue weighted by Crippen LogP contribution is 2.29. The molecule has 1 aliphatic heterocycles. The molecule has 152 valence electrons. The van der Waals surface area contributed by atoms with Crippen LogP contribution in [0.4, 0.5) is 4.79 Å². The highest BCUT2D eigenvalue weighted by molar-refractivity contribution is 6.13. The first-order valence-electron chi connectivity index (χ1n) is 8.79. The largest absolute Gasteiger partial charge is 0.493 e. The zero-order valence-electron chi connectivity index (χ0n) is 16.2. The maximum Gasteiger partial charge on any atom is 0.373 e. The van der Waals surface area contributed by atoms with Gasteiger partial charge >= 0.3 is 12.0 Å². The van der Waals surface area contributed by atoms with Crippen molar-refractivity contribution in [3.8, 4) is 11.5 Å². The molecule has 0 saturated carbocycles. The lowest BCUT2D eigenvalue weighted by Gasteiger charge is -2.10. The minimum Gasteiger partial charge on any atom is -0.493 e. The topological polar surface area (TPSA) is 107 Å². The third-order valence-corrected chi connectivity index (χ3v) is 4.12. The lowest BCUT2D eigenvalue weighted by Crippen LogP contribution is -2.30. The molecule has 0 unspecified atom stereocenters. The normalized spacial score (nSPS) is 14.9. The minimum absolute atomic E-state index is 0.00759. The van der Waals surface area contributed by atoms with Crippen molar-refractivity contribution in [1.82, 2.24) is 10.2 Å². The maximum atomic E-state index is 12.6. The van der Waals surface area contributed by atoms with E-state index in [2.05, 4.69) is 10.1 Å². The summed E-state index contributed by atoms with van der Waals surface area (Å²) < 4.78 is 20.6. The van der Waals surface area contributed by atoms with Gasteiger partial charge in [-0.05, 0) is 42.8 Å². The molecule has 1 saturated heterocycles. The van der Waals surface area contributed by atoms with Crippen LogP contribution in [0.5, 0.6) is 11.5 Å². The molecule has 1 aliphatic rings. The fourth-order valence-electron chi connectivity index (χ4n) is 2.76. The van der Waals surface area contributed by atoms with Gasteiger partial charge in [-0.25, -0.2) is 9.59 Å². The quantitative estimate of drug-likeness (QED) is 0.432. The average molecular weight is 400 g/mol. The summed E-state index contributed by atoms with van der Waals surface area (Å²) in [7, 11) is 2.75. The molecule has 3 rings (SSSR count). The Bertz CT molecular complexity index is 977. The van der Waals surface area contributed by atoms with Crippen molar-refractivity contribution in [2.24, 2.45) is 0 Å². The second kappa shape index (κ2) is 8.51. The van der Waals surface area contributed by atoms with E-state index in [1.165, 1.54) is 26.4 Å². The zero-order chi connectivity index (χ0) is 21.0. The predicted molar refractivity (Wildman–Crippen MR) is 101 cm³/mol. The Hall–Kier alpha value is -3.75. The Kier molecular flexibility index (Phi) is 5.87. The number of urea groups is 1. The van der Waals surface area contributed by atoms with Gasteiger partial charge in [-0.2, -0.15) is 0 Å². The number of hydrogen-bond donors (Lipinski definition) is 1. The number of carbonyl (C=O) groups is 3. The second-order valence-electron chi connectivity index (χ2n) is 5.98. The number of methoxy groups -OCH3 is 2. The summed E-state index contributed by atoms with van der Waals surface area (Å²) in [5, 5.41) is 2.53. The van der Waals surface area contributed by atoms with Crippen LogP contribution >= 0.6 is 0 Å². The Morgan fingerprint density at radius 1 is 1.17 bits per heavy atom. The van der Waals surface area contributed by atoms with Crippen LogP contribution in [0.3, 0.4) is 0 Å². The van der Waals surface area contributed by atoms with Crippen LogP contribution < -0.4 is 14.8 Å². The Balaban J connectivity index is 1.78. The van der Waals surface area contributed by atoms with Gasteiger partial charge in [0.05, 0.1) is 27.4 Å². The predicted octanol–water partition coefficient (Wildman–Crippen LogP) is 2.57. The molecule has 0 bridgehead atoms. The number of hydrogen-bond acceptors (Lipinski definition) is 7. The number of nitrogens with zero attached hydrogens (tertiary/aromatic N) is 1. The Labute approximate surface area is 166 Å². The van der Waals surface area contributed by atoms with Crippen molar-refractivity contribution in [2.45, 2.75) is 13.5 Å². The van der Waals surface area contributed by atoms with E-state index in [-0.39, 0.29) is 23.8 Å². The van der Waals surface area contributed by atoms with Crippen LogP contribution in [0.15, 0.2) is 40.4 Å². The number of rotatable bonds is 7. The van der Waals surface area contributed by atoms with Gasteiger partial charge in [0.1, 0.15) is 11.5 Å². The van der Waals surface area contributed by atoms with Gasteiger partial charge in [-0.3, -0.25) is 9.69 Å². The van der Waals surface area contributed by atoms with E-state index in [0.29, 0.717) is 23.7 Å². The molecule has 0 spiro atoms. The summed E-state index contributed by atoms with van der Waals surface area (Å²) >= 11 is 0. The van der Waals surface area contributed by atoms with Gasteiger partial charge in [0.25, 0.3) is 5.91 Å². The molecule has 0 radical (unpaired) electrons. The molecule has 1 N–H and O–H groups in total. The van der Waals surface area contributed by atoms with Crippen molar-refractivity contribution in [1.29, 1.82) is 0 Å². The van der Waals surface area contributed by atoms with Gasteiger partial charge in [-0.15, -0.1) is 0 Å². The van der Waals surface area contributed by atoms with Gasteiger partial charge in [-0.1, -0.05) is 6.07 Å². The molecular weight excluding hydrogens is 380 g/mol. The van der Waals surface area contributed by atoms with Crippen LogP contribution in [0.25, 0.3) is 6.08 Å². The van der Waals surface area contributed by atoms with Crippen molar-refractivity contribution in [2.75, 3.05) is 20.8 Å². The molecule has 0 aliphatic carbocycles. The number of amides is 3. The standard InChI is InChI=1S/C20H20N2O7/c1-4-28-15-7-5-12(10-17(15)26-2)9-14-18(23)22(20(25)21-14)11-13-6-8-16(29-13)19(24)27-3/h5-10H,4,11H2,1-3H3,(H,21,25). The lowest BCUT2D eigenvalue weighted by atomic mass is 10.1. The molecule has 9 nitrogen and oxygen atoms in total. The van der Waals surface area contributed by atoms with Crippen LogP contribution in [0.1, 0.15) is 28.8 Å². The molecule has 0 atom stereocenters. The number of esters is 1. The number of ether oxygens (including phenoxy) is 3. The molecule has 2 aromatic rings. The van der Waals surface area contributed by atoms with Crippen LogP contribution in [0.2, 0.25) is 0 Å². The molecule has 9 heteroatoms. The minimum atomic E-state index is -0.640. The summed E-state index contributed by atoms with van der Waals surface area (Å²) in [5.41, 5.74) is 0.766. The Morgan fingerprint density at radius 2 is 1.97 bits per heavy atom. The summed E-state index contributed by atoms with van der Waals surface area (Å²) in [6, 6.07) is 7.52. The van der Waals surface area contributed by atoms with E-state index < -0.39 is 17.9 Å². The van der Waals surface area contributed by atoms with Gasteiger partial charge < -0.3 is 23.9 Å². The van der Waals surface area contributed by atoms with E-state index in [1.54, 1.807) is 24.3 Å². The van der Waals surface area contributed by atoms with Gasteiger partial charge in [0.15, 0.2) is 11.5 Å². The monoisotopic (exact) mass is 400 g/mol. The van der Waals surface area contributed by atoms with Crippen LogP contribution in [-0.2, 0) is 16.1 Å². The van der Waals surface area contributed by atoms with Crippen molar-refractivity contribution in [3.63, 3.8) is 0 Å². The van der Waals surface area contributed by atoms with E-state index in [4.69, 9.17) is 13.9 Å². The fourth-order valence-corrected chi connectivity index (χ4v) is 2.76. The van der Waals surface area contributed by atoms with E-state index in [0.717, 1.165) is 4.90 Å². The second-order valence-corrected chi connectivity index (χ2v) is 5.98. The maximum absolute atomic E-state index is 12.6. The number of imide groups is 1. The van der Waals surface area contributed by atoms with Gasteiger partial charge in [0, 0.05) is 0 Å². The lowest BCUT2D eigenvalue weighted by molar-refractivity contribution is -0.123. The van der Waals surface area contributed by atoms with Crippen molar-refractivity contribution >= 4 is 24.0 Å². The molecular formula is C20H20N2O7.